The van der Waals surface area contributed by atoms with Crippen LogP contribution in [0.1, 0.15) is 57.2 Å². The Hall–Kier alpha value is -1.63. The van der Waals surface area contributed by atoms with Crippen LogP contribution in [0.15, 0.2) is 4.52 Å². The van der Waals surface area contributed by atoms with Crippen molar-refractivity contribution in [3.05, 3.63) is 11.7 Å². The Kier molecular flexibility index (Phi) is 3.84. The maximum atomic E-state index is 11.1. The first-order valence-electron chi connectivity index (χ1n) is 7.61. The predicted molar refractivity (Wildman–Crippen MR) is 74.8 cm³/mol. The van der Waals surface area contributed by atoms with Gasteiger partial charge in [-0.25, -0.2) is 4.79 Å². The number of cyclic esters (lactones) is 1. The zero-order chi connectivity index (χ0) is 14.9. The van der Waals surface area contributed by atoms with E-state index in [1.807, 2.05) is 13.8 Å². The molecule has 0 aromatic carbocycles. The molecule has 1 aliphatic carbocycles. The zero-order valence-electron chi connectivity index (χ0n) is 12.5. The second kappa shape index (κ2) is 5.63. The summed E-state index contributed by atoms with van der Waals surface area (Å²) in [6, 6.07) is 0.00597. The van der Waals surface area contributed by atoms with Crippen molar-refractivity contribution >= 4 is 6.09 Å². The summed E-state index contributed by atoms with van der Waals surface area (Å²) in [4.78, 5) is 15.6. The van der Waals surface area contributed by atoms with Gasteiger partial charge in [-0.05, 0) is 12.8 Å². The quantitative estimate of drug-likeness (QED) is 0.858. The molecule has 0 radical (unpaired) electrons. The lowest BCUT2D eigenvalue weighted by molar-refractivity contribution is 0.176. The first-order valence-corrected chi connectivity index (χ1v) is 7.61. The summed E-state index contributed by atoms with van der Waals surface area (Å²) >= 11 is 0. The minimum absolute atomic E-state index is 0.00597. The number of alkyl carbamates (subject to hydrolysis) is 1. The number of nitrogens with zero attached hydrogens (tertiary/aromatic N) is 2. The highest BCUT2D eigenvalue weighted by molar-refractivity contribution is 5.69. The van der Waals surface area contributed by atoms with Crippen molar-refractivity contribution in [2.45, 2.75) is 57.0 Å². The summed E-state index contributed by atoms with van der Waals surface area (Å²) in [5.74, 6) is 1.65. The molecule has 1 aromatic rings. The predicted octanol–water partition coefficient (Wildman–Crippen LogP) is 1.66. The zero-order valence-corrected chi connectivity index (χ0v) is 12.5. The Labute approximate surface area is 123 Å². The molecule has 3 rings (SSSR count). The van der Waals surface area contributed by atoms with E-state index in [2.05, 4.69) is 20.8 Å². The molecule has 1 unspecified atom stereocenters. The molecule has 1 saturated carbocycles. The number of carbonyl (C=O) groups excluding carboxylic acids is 1. The number of hydrogen-bond donors (Lipinski definition) is 2. The lowest BCUT2D eigenvalue weighted by Crippen LogP contribution is -2.47. The number of rotatable bonds is 5. The molecule has 1 saturated heterocycles. The van der Waals surface area contributed by atoms with Gasteiger partial charge >= 0.3 is 6.09 Å². The molecule has 2 heterocycles. The van der Waals surface area contributed by atoms with Gasteiger partial charge < -0.3 is 19.9 Å². The summed E-state index contributed by atoms with van der Waals surface area (Å²) in [6.45, 7) is 5.14. The largest absolute Gasteiger partial charge is 0.447 e. The summed E-state index contributed by atoms with van der Waals surface area (Å²) in [5.41, 5.74) is -0.232. The van der Waals surface area contributed by atoms with Crippen molar-refractivity contribution in [1.29, 1.82) is 0 Å². The van der Waals surface area contributed by atoms with Gasteiger partial charge in [0.2, 0.25) is 5.89 Å². The fourth-order valence-corrected chi connectivity index (χ4v) is 2.98. The second-order valence-electron chi connectivity index (χ2n) is 6.22. The van der Waals surface area contributed by atoms with Crippen molar-refractivity contribution in [3.63, 3.8) is 0 Å². The fourth-order valence-electron chi connectivity index (χ4n) is 2.98. The maximum Gasteiger partial charge on any atom is 0.407 e. The summed E-state index contributed by atoms with van der Waals surface area (Å²) < 4.78 is 10.3. The highest BCUT2D eigenvalue weighted by atomic mass is 16.6. The molecule has 0 spiro atoms. The van der Waals surface area contributed by atoms with Gasteiger partial charge in [-0.15, -0.1) is 0 Å². The van der Waals surface area contributed by atoms with Crippen LogP contribution < -0.4 is 10.6 Å². The molecule has 1 atom stereocenters. The van der Waals surface area contributed by atoms with Crippen LogP contribution in [0.5, 0.6) is 0 Å². The van der Waals surface area contributed by atoms with E-state index in [1.165, 1.54) is 0 Å². The molecule has 1 aliphatic heterocycles. The van der Waals surface area contributed by atoms with Gasteiger partial charge in [-0.1, -0.05) is 31.8 Å². The van der Waals surface area contributed by atoms with E-state index >= 15 is 0 Å². The van der Waals surface area contributed by atoms with Gasteiger partial charge in [-0.2, -0.15) is 4.98 Å². The van der Waals surface area contributed by atoms with Crippen LogP contribution in [0.25, 0.3) is 0 Å². The van der Waals surface area contributed by atoms with E-state index in [-0.39, 0.29) is 23.6 Å². The molecular weight excluding hydrogens is 272 g/mol. The van der Waals surface area contributed by atoms with E-state index in [0.29, 0.717) is 19.0 Å². The van der Waals surface area contributed by atoms with Crippen molar-refractivity contribution in [3.8, 4) is 0 Å². The molecule has 21 heavy (non-hydrogen) atoms. The van der Waals surface area contributed by atoms with Gasteiger partial charge in [0.1, 0.15) is 6.61 Å². The van der Waals surface area contributed by atoms with Gasteiger partial charge in [0.05, 0.1) is 11.6 Å². The number of hydrogen-bond acceptors (Lipinski definition) is 6. The third-order valence-electron chi connectivity index (χ3n) is 4.25. The summed E-state index contributed by atoms with van der Waals surface area (Å²) in [5, 5.41) is 10.5. The number of nitrogens with one attached hydrogen (secondary N) is 2. The smallest absolute Gasteiger partial charge is 0.407 e. The summed E-state index contributed by atoms with van der Waals surface area (Å²) in [7, 11) is 0. The highest BCUT2D eigenvalue weighted by Crippen LogP contribution is 2.37. The minimum Gasteiger partial charge on any atom is -0.447 e. The van der Waals surface area contributed by atoms with Gasteiger partial charge in [0, 0.05) is 12.5 Å². The number of ether oxygens (including phenoxy) is 1. The van der Waals surface area contributed by atoms with Crippen LogP contribution in [0, 0.1) is 0 Å². The maximum absolute atomic E-state index is 11.1. The van der Waals surface area contributed by atoms with Crippen LogP contribution in [-0.2, 0) is 10.3 Å². The number of aromatic nitrogens is 2. The first-order chi connectivity index (χ1) is 10.1. The SMILES string of the molecule is CC(C)c1nc(C2(NCC3COC(=O)N3)CCCC2)no1. The third kappa shape index (κ3) is 2.88. The monoisotopic (exact) mass is 294 g/mol. The Morgan fingerprint density at radius 3 is 2.76 bits per heavy atom. The number of amides is 1. The molecule has 116 valence electrons. The molecule has 0 bridgehead atoms. The molecule has 1 amide bonds. The van der Waals surface area contributed by atoms with Crippen molar-refractivity contribution in [2.24, 2.45) is 0 Å². The lowest BCUT2D eigenvalue weighted by atomic mass is 9.96. The minimum atomic E-state index is -0.344. The second-order valence-corrected chi connectivity index (χ2v) is 6.22. The van der Waals surface area contributed by atoms with Gasteiger partial charge in [0.15, 0.2) is 5.82 Å². The average Bonchev–Trinajstić information content (AvgIpc) is 3.17. The lowest BCUT2D eigenvalue weighted by Gasteiger charge is -2.28. The van der Waals surface area contributed by atoms with Crippen LogP contribution in [-0.4, -0.2) is 35.4 Å². The highest BCUT2D eigenvalue weighted by Gasteiger charge is 2.40. The normalized spacial score (nSPS) is 24.3. The Morgan fingerprint density at radius 1 is 1.43 bits per heavy atom. The Balaban J connectivity index is 1.71. The molecule has 2 aliphatic rings. The molecular formula is C14H22N4O3. The molecule has 2 N–H and O–H groups in total. The van der Waals surface area contributed by atoms with Crippen LogP contribution >= 0.6 is 0 Å². The van der Waals surface area contributed by atoms with Crippen LogP contribution in [0.4, 0.5) is 4.79 Å². The van der Waals surface area contributed by atoms with Crippen LogP contribution in [0.2, 0.25) is 0 Å². The van der Waals surface area contributed by atoms with Crippen molar-refractivity contribution < 1.29 is 14.1 Å². The molecule has 7 heteroatoms. The van der Waals surface area contributed by atoms with E-state index in [4.69, 9.17) is 9.26 Å². The first kappa shape index (κ1) is 14.3. The van der Waals surface area contributed by atoms with E-state index in [1.54, 1.807) is 0 Å². The molecule has 7 nitrogen and oxygen atoms in total. The van der Waals surface area contributed by atoms with Gasteiger partial charge in [-0.3, -0.25) is 0 Å². The van der Waals surface area contributed by atoms with Gasteiger partial charge in [0.25, 0.3) is 0 Å². The summed E-state index contributed by atoms with van der Waals surface area (Å²) in [6.07, 6.45) is 3.93. The van der Waals surface area contributed by atoms with E-state index in [0.717, 1.165) is 31.5 Å². The number of carbonyl (C=O) groups is 1. The molecule has 1 aromatic heterocycles. The van der Waals surface area contributed by atoms with E-state index < -0.39 is 0 Å². The third-order valence-corrected chi connectivity index (χ3v) is 4.25. The van der Waals surface area contributed by atoms with Crippen molar-refractivity contribution in [2.75, 3.05) is 13.2 Å². The topological polar surface area (TPSA) is 89.3 Å². The van der Waals surface area contributed by atoms with Crippen molar-refractivity contribution in [1.82, 2.24) is 20.8 Å². The average molecular weight is 294 g/mol. The van der Waals surface area contributed by atoms with E-state index in [9.17, 15) is 4.79 Å². The standard InChI is InChI=1S/C14H22N4O3/c1-9(2)11-17-12(18-21-11)14(5-3-4-6-14)15-7-10-8-20-13(19)16-10/h9-10,15H,3-8H2,1-2H3,(H,16,19). The van der Waals surface area contributed by atoms with Crippen LogP contribution in [0.3, 0.4) is 0 Å². The fraction of sp³-hybridized carbons (Fsp3) is 0.786. The Bertz CT molecular complexity index is 508. The molecule has 2 fully saturated rings. The Morgan fingerprint density at radius 2 is 2.19 bits per heavy atom.